The van der Waals surface area contributed by atoms with Gasteiger partial charge in [0.1, 0.15) is 0 Å². The summed E-state index contributed by atoms with van der Waals surface area (Å²) >= 11 is 0. The van der Waals surface area contributed by atoms with Crippen molar-refractivity contribution in [3.63, 3.8) is 0 Å². The van der Waals surface area contributed by atoms with Crippen LogP contribution in [0.25, 0.3) is 0 Å². The van der Waals surface area contributed by atoms with Gasteiger partial charge in [-0.05, 0) is 43.9 Å². The van der Waals surface area contributed by atoms with Crippen LogP contribution in [-0.4, -0.2) is 38.5 Å². The molecule has 1 unspecified atom stereocenters. The molecule has 1 aliphatic rings. The lowest BCUT2D eigenvalue weighted by Crippen LogP contribution is -2.38. The number of likely N-dealkylation sites (tertiary alicyclic amines) is 1. The van der Waals surface area contributed by atoms with Crippen LogP contribution in [0, 0.1) is 0 Å². The fourth-order valence-corrected chi connectivity index (χ4v) is 3.93. The monoisotopic (exact) mass is 310 g/mol. The van der Waals surface area contributed by atoms with Crippen LogP contribution in [0.4, 0.5) is 0 Å². The van der Waals surface area contributed by atoms with E-state index in [1.165, 1.54) is 0 Å². The molecule has 5 heteroatoms. The summed E-state index contributed by atoms with van der Waals surface area (Å²) in [6.07, 6.45) is 0.876. The van der Waals surface area contributed by atoms with Crippen molar-refractivity contribution >= 4 is 10.0 Å². The fourth-order valence-electron chi connectivity index (χ4n) is 2.67. The molecule has 1 aromatic carbocycles. The Balaban J connectivity index is 2.05. The molecule has 4 nitrogen and oxygen atoms in total. The van der Waals surface area contributed by atoms with Gasteiger partial charge in [0.25, 0.3) is 0 Å². The number of sulfonamides is 1. The number of nitrogens with one attached hydrogen (secondary N) is 1. The zero-order valence-corrected chi connectivity index (χ0v) is 14.2. The van der Waals surface area contributed by atoms with E-state index < -0.39 is 10.0 Å². The second kappa shape index (κ2) is 6.46. The highest BCUT2D eigenvalue weighted by atomic mass is 32.2. The summed E-state index contributed by atoms with van der Waals surface area (Å²) in [4.78, 5) is 2.66. The van der Waals surface area contributed by atoms with Gasteiger partial charge in [0.15, 0.2) is 0 Å². The van der Waals surface area contributed by atoms with E-state index in [4.69, 9.17) is 0 Å². The SMILES string of the molecule is CC(C)c1ccc(S(=O)(=O)NC2CCN(C(C)C)C2)cc1. The third-order valence-corrected chi connectivity index (χ3v) is 5.67. The Morgan fingerprint density at radius 2 is 1.76 bits per heavy atom. The van der Waals surface area contributed by atoms with E-state index in [0.717, 1.165) is 25.1 Å². The third kappa shape index (κ3) is 4.05. The average Bonchev–Trinajstić information content (AvgIpc) is 2.87. The number of nitrogens with zero attached hydrogens (tertiary/aromatic N) is 1. The normalized spacial score (nSPS) is 20.6. The predicted molar refractivity (Wildman–Crippen MR) is 86.0 cm³/mol. The van der Waals surface area contributed by atoms with Gasteiger partial charge in [-0.2, -0.15) is 0 Å². The van der Waals surface area contributed by atoms with Crippen molar-refractivity contribution in [3.8, 4) is 0 Å². The highest BCUT2D eigenvalue weighted by molar-refractivity contribution is 7.89. The minimum absolute atomic E-state index is 0.0159. The van der Waals surface area contributed by atoms with Crippen molar-refractivity contribution in [1.29, 1.82) is 0 Å². The number of hydrogen-bond donors (Lipinski definition) is 1. The molecule has 0 radical (unpaired) electrons. The van der Waals surface area contributed by atoms with Crippen molar-refractivity contribution < 1.29 is 8.42 Å². The summed E-state index contributed by atoms with van der Waals surface area (Å²) in [5.74, 6) is 0.407. The largest absolute Gasteiger partial charge is 0.299 e. The van der Waals surface area contributed by atoms with Crippen molar-refractivity contribution in [1.82, 2.24) is 9.62 Å². The molecule has 1 N–H and O–H groups in total. The molecule has 0 aliphatic carbocycles. The van der Waals surface area contributed by atoms with Gasteiger partial charge >= 0.3 is 0 Å². The van der Waals surface area contributed by atoms with E-state index >= 15 is 0 Å². The van der Waals surface area contributed by atoms with Crippen LogP contribution >= 0.6 is 0 Å². The molecule has 118 valence electrons. The molecule has 0 bridgehead atoms. The molecular weight excluding hydrogens is 284 g/mol. The Bertz CT molecular complexity index is 564. The van der Waals surface area contributed by atoms with Crippen LogP contribution in [0.5, 0.6) is 0 Å². The first kappa shape index (κ1) is 16.5. The average molecular weight is 310 g/mol. The topological polar surface area (TPSA) is 49.4 Å². The molecule has 2 rings (SSSR count). The van der Waals surface area contributed by atoms with Crippen molar-refractivity contribution in [3.05, 3.63) is 29.8 Å². The van der Waals surface area contributed by atoms with E-state index in [1.807, 2.05) is 12.1 Å². The van der Waals surface area contributed by atoms with Gasteiger partial charge in [-0.25, -0.2) is 13.1 Å². The quantitative estimate of drug-likeness (QED) is 0.909. The maximum absolute atomic E-state index is 12.4. The van der Waals surface area contributed by atoms with Gasteiger partial charge in [0, 0.05) is 25.2 Å². The lowest BCUT2D eigenvalue weighted by Gasteiger charge is -2.20. The van der Waals surface area contributed by atoms with Crippen LogP contribution in [0.15, 0.2) is 29.2 Å². The van der Waals surface area contributed by atoms with Crippen LogP contribution in [0.1, 0.15) is 45.6 Å². The summed E-state index contributed by atoms with van der Waals surface area (Å²) in [6, 6.07) is 7.68. The second-order valence-corrected chi connectivity index (χ2v) is 8.13. The molecule has 0 saturated carbocycles. The Morgan fingerprint density at radius 1 is 1.14 bits per heavy atom. The van der Waals surface area contributed by atoms with Gasteiger partial charge in [0.05, 0.1) is 4.90 Å². The van der Waals surface area contributed by atoms with Crippen molar-refractivity contribution in [2.24, 2.45) is 0 Å². The van der Waals surface area contributed by atoms with Crippen LogP contribution in [0.2, 0.25) is 0 Å². The summed E-state index contributed by atoms with van der Waals surface area (Å²) < 4.78 is 27.7. The lowest BCUT2D eigenvalue weighted by molar-refractivity contribution is 0.271. The standard InChI is InChI=1S/C16H26N2O2S/c1-12(2)14-5-7-16(8-6-14)21(19,20)17-15-9-10-18(11-15)13(3)4/h5-8,12-13,15,17H,9-11H2,1-4H3. The molecule has 0 amide bonds. The smallest absolute Gasteiger partial charge is 0.240 e. The molecule has 0 spiro atoms. The van der Waals surface area contributed by atoms with Crippen LogP contribution in [0.3, 0.4) is 0 Å². The van der Waals surface area contributed by atoms with Crippen LogP contribution in [-0.2, 0) is 10.0 Å². The number of benzene rings is 1. The zero-order valence-electron chi connectivity index (χ0n) is 13.3. The molecule has 1 saturated heterocycles. The summed E-state index contributed by atoms with van der Waals surface area (Å²) in [5.41, 5.74) is 1.15. The minimum atomic E-state index is -3.41. The second-order valence-electron chi connectivity index (χ2n) is 6.42. The Labute approximate surface area is 128 Å². The molecule has 1 atom stereocenters. The van der Waals surface area contributed by atoms with Crippen LogP contribution < -0.4 is 4.72 Å². The van der Waals surface area contributed by atoms with E-state index in [-0.39, 0.29) is 6.04 Å². The van der Waals surface area contributed by atoms with Gasteiger partial charge in [-0.15, -0.1) is 0 Å². The zero-order chi connectivity index (χ0) is 15.6. The third-order valence-electron chi connectivity index (χ3n) is 4.13. The summed E-state index contributed by atoms with van der Waals surface area (Å²) in [6.45, 7) is 10.2. The maximum atomic E-state index is 12.4. The van der Waals surface area contributed by atoms with Gasteiger partial charge in [0.2, 0.25) is 10.0 Å². The molecule has 1 aromatic rings. The van der Waals surface area contributed by atoms with Crippen molar-refractivity contribution in [2.45, 2.75) is 57.0 Å². The Morgan fingerprint density at radius 3 is 2.24 bits per heavy atom. The molecule has 1 fully saturated rings. The first-order valence-electron chi connectivity index (χ1n) is 7.66. The minimum Gasteiger partial charge on any atom is -0.299 e. The van der Waals surface area contributed by atoms with E-state index in [2.05, 4.69) is 37.3 Å². The molecule has 1 heterocycles. The van der Waals surface area contributed by atoms with Gasteiger partial charge in [-0.3, -0.25) is 4.90 Å². The first-order chi connectivity index (χ1) is 9.79. The van der Waals surface area contributed by atoms with E-state index in [9.17, 15) is 8.42 Å². The van der Waals surface area contributed by atoms with E-state index in [0.29, 0.717) is 16.9 Å². The molecule has 21 heavy (non-hydrogen) atoms. The highest BCUT2D eigenvalue weighted by Crippen LogP contribution is 2.19. The van der Waals surface area contributed by atoms with Gasteiger partial charge in [-0.1, -0.05) is 26.0 Å². The summed E-state index contributed by atoms with van der Waals surface area (Å²) in [7, 11) is -3.41. The highest BCUT2D eigenvalue weighted by Gasteiger charge is 2.28. The Kier molecular flexibility index (Phi) is 5.07. The summed E-state index contributed by atoms with van der Waals surface area (Å²) in [5, 5.41) is 0. The van der Waals surface area contributed by atoms with Crippen molar-refractivity contribution in [2.75, 3.05) is 13.1 Å². The fraction of sp³-hybridized carbons (Fsp3) is 0.625. The van der Waals surface area contributed by atoms with Gasteiger partial charge < -0.3 is 0 Å². The molecular formula is C16H26N2O2S. The van der Waals surface area contributed by atoms with E-state index in [1.54, 1.807) is 12.1 Å². The maximum Gasteiger partial charge on any atom is 0.240 e. The number of rotatable bonds is 5. The predicted octanol–water partition coefficient (Wildman–Crippen LogP) is 2.57. The molecule has 1 aliphatic heterocycles. The lowest BCUT2D eigenvalue weighted by atomic mass is 10.0. The molecule has 0 aromatic heterocycles. The number of hydrogen-bond acceptors (Lipinski definition) is 3. The first-order valence-corrected chi connectivity index (χ1v) is 9.14. The Hall–Kier alpha value is -0.910.